The molecule has 3 rings (SSSR count). The number of hydrogen-bond donors (Lipinski definition) is 1. The Morgan fingerprint density at radius 1 is 0.765 bits per heavy atom. The van der Waals surface area contributed by atoms with Crippen LogP contribution in [0.25, 0.3) is 28.0 Å². The van der Waals surface area contributed by atoms with Gasteiger partial charge in [0.15, 0.2) is 0 Å². The Balaban J connectivity index is -0.000000855. The molecule has 0 bridgehead atoms. The van der Waals surface area contributed by atoms with Crippen molar-refractivity contribution >= 4 is 5.57 Å². The van der Waals surface area contributed by atoms with Crippen molar-refractivity contribution in [2.75, 3.05) is 7.11 Å². The van der Waals surface area contributed by atoms with Crippen LogP contribution in [0.15, 0.2) is 109 Å². The maximum Gasteiger partial charge on any atom is 0.361 e. The smallest absolute Gasteiger partial charge is 0.361 e. The summed E-state index contributed by atoms with van der Waals surface area (Å²) in [6.45, 7) is 19.9. The summed E-state index contributed by atoms with van der Waals surface area (Å²) in [5.41, 5.74) is 4.19. The zero-order valence-electron chi connectivity index (χ0n) is 22.2. The van der Waals surface area contributed by atoms with E-state index in [1.165, 1.54) is 6.42 Å². The first kappa shape index (κ1) is 36.4. The molecular weight excluding hydrogens is 493 g/mol. The van der Waals surface area contributed by atoms with Crippen molar-refractivity contribution in [3.8, 4) is 22.5 Å². The molecule has 34 heavy (non-hydrogen) atoms. The van der Waals surface area contributed by atoms with Crippen molar-refractivity contribution in [2.24, 2.45) is 0 Å². The molecule has 0 aliphatic heterocycles. The quantitative estimate of drug-likeness (QED) is 0.260. The summed E-state index contributed by atoms with van der Waals surface area (Å²) in [4.78, 5) is 0. The average molecular weight is 537 g/mol. The maximum absolute atomic E-state index is 7.00. The second kappa shape index (κ2) is 25.5. The van der Waals surface area contributed by atoms with E-state index in [1.807, 2.05) is 88.4 Å². The fourth-order valence-corrected chi connectivity index (χ4v) is 2.56. The van der Waals surface area contributed by atoms with Crippen molar-refractivity contribution < 1.29 is 42.2 Å². The Kier molecular flexibility index (Phi) is 27.3. The Labute approximate surface area is 234 Å². The van der Waals surface area contributed by atoms with Crippen LogP contribution in [-0.4, -0.2) is 12.2 Å². The standard InChI is InChI=1S/C23H19O.C3H8.2C2H6.CH4O.Y/c1-3-11-18(4-2)22-16-21(19-12-7-5-8-13-19)17-23(24-22)20-14-9-6-10-15-20;1-3-2;3*1-2;/h3-17H,1-2H2;3H2,1-2H3;2*1-2H3;2H,1H3;/q+1;;;;;/b18-11+;;;;;. The summed E-state index contributed by atoms with van der Waals surface area (Å²) in [6.07, 6.45) is 6.67. The average Bonchev–Trinajstić information content (AvgIpc) is 2.92. The van der Waals surface area contributed by atoms with Gasteiger partial charge in [-0.05, 0) is 23.8 Å². The van der Waals surface area contributed by atoms with Gasteiger partial charge in [-0.3, -0.25) is 0 Å². The molecule has 0 saturated carbocycles. The van der Waals surface area contributed by atoms with Crippen LogP contribution >= 0.6 is 0 Å². The van der Waals surface area contributed by atoms with Gasteiger partial charge in [-0.15, -0.1) is 0 Å². The van der Waals surface area contributed by atoms with E-state index in [1.54, 1.807) is 12.2 Å². The molecule has 0 saturated heterocycles. The van der Waals surface area contributed by atoms with Crippen LogP contribution in [0.3, 0.4) is 0 Å². The van der Waals surface area contributed by atoms with Gasteiger partial charge >= 0.3 is 11.5 Å². The zero-order chi connectivity index (χ0) is 25.5. The number of benzene rings is 2. The number of allylic oxidation sites excluding steroid dienone is 4. The van der Waals surface area contributed by atoms with E-state index < -0.39 is 0 Å². The predicted molar refractivity (Wildman–Crippen MR) is 149 cm³/mol. The van der Waals surface area contributed by atoms with Crippen molar-refractivity contribution in [3.05, 3.63) is 110 Å². The molecule has 2 nitrogen and oxygen atoms in total. The first-order valence-corrected chi connectivity index (χ1v) is 11.7. The molecule has 3 heteroatoms. The van der Waals surface area contributed by atoms with Crippen LogP contribution in [-0.2, 0) is 32.7 Å². The van der Waals surface area contributed by atoms with Crippen LogP contribution in [0.4, 0.5) is 0 Å². The summed E-state index contributed by atoms with van der Waals surface area (Å²) < 4.78 is 6.14. The van der Waals surface area contributed by atoms with Gasteiger partial charge < -0.3 is 5.11 Å². The molecule has 0 aliphatic carbocycles. The molecule has 0 aliphatic rings. The van der Waals surface area contributed by atoms with E-state index in [-0.39, 0.29) is 32.7 Å². The molecule has 1 N–H and O–H groups in total. The van der Waals surface area contributed by atoms with Gasteiger partial charge in [-0.25, -0.2) is 4.42 Å². The summed E-state index contributed by atoms with van der Waals surface area (Å²) in [7, 11) is 1.00. The molecule has 1 radical (unpaired) electrons. The van der Waals surface area contributed by atoms with Gasteiger partial charge in [0.05, 0.1) is 23.3 Å². The molecule has 3 aromatic rings. The van der Waals surface area contributed by atoms with Crippen LogP contribution < -0.4 is 0 Å². The van der Waals surface area contributed by atoms with Crippen molar-refractivity contribution in [3.63, 3.8) is 0 Å². The van der Waals surface area contributed by atoms with Crippen LogP contribution in [0.2, 0.25) is 0 Å². The van der Waals surface area contributed by atoms with Crippen molar-refractivity contribution in [1.82, 2.24) is 0 Å². The molecule has 1 heterocycles. The van der Waals surface area contributed by atoms with E-state index in [0.29, 0.717) is 0 Å². The summed E-state index contributed by atoms with van der Waals surface area (Å²) >= 11 is 0. The third kappa shape index (κ3) is 13.5. The molecular formula is C31H43O2Y+. The molecule has 0 amide bonds. The zero-order valence-corrected chi connectivity index (χ0v) is 25.1. The number of rotatable bonds is 5. The van der Waals surface area contributed by atoms with Gasteiger partial charge in [0, 0.05) is 45.4 Å². The van der Waals surface area contributed by atoms with Crippen LogP contribution in [0.5, 0.6) is 0 Å². The fourth-order valence-electron chi connectivity index (χ4n) is 2.56. The summed E-state index contributed by atoms with van der Waals surface area (Å²) in [6, 6.07) is 24.5. The first-order chi connectivity index (χ1) is 16.2. The van der Waals surface area contributed by atoms with E-state index in [4.69, 9.17) is 9.52 Å². The third-order valence-electron chi connectivity index (χ3n) is 3.76. The number of hydrogen-bond acceptors (Lipinski definition) is 1. The van der Waals surface area contributed by atoms with Crippen LogP contribution in [0.1, 0.15) is 53.7 Å². The number of aliphatic hydroxyl groups excluding tert-OH is 1. The minimum absolute atomic E-state index is 0. The molecule has 0 unspecified atom stereocenters. The summed E-state index contributed by atoms with van der Waals surface area (Å²) in [5, 5.41) is 7.00. The van der Waals surface area contributed by atoms with Gasteiger partial charge in [-0.2, -0.15) is 0 Å². The third-order valence-corrected chi connectivity index (χ3v) is 3.76. The van der Waals surface area contributed by atoms with Crippen molar-refractivity contribution in [1.29, 1.82) is 0 Å². The molecule has 181 valence electrons. The van der Waals surface area contributed by atoms with E-state index in [2.05, 4.69) is 45.2 Å². The topological polar surface area (TPSA) is 31.5 Å². The SMILES string of the molecule is C=C/C=C(\C=C)c1cc(-c2ccccc2)cc(-c2ccccc2)[o+]1.CC.CC.CCC.CO.[Y]. The normalized spacial score (nSPS) is 8.88. The molecule has 2 aromatic carbocycles. The van der Waals surface area contributed by atoms with E-state index >= 15 is 0 Å². The minimum atomic E-state index is 0. The predicted octanol–water partition coefficient (Wildman–Crippen LogP) is 9.72. The van der Waals surface area contributed by atoms with E-state index in [0.717, 1.165) is 40.9 Å². The first-order valence-electron chi connectivity index (χ1n) is 11.7. The van der Waals surface area contributed by atoms with Crippen molar-refractivity contribution in [2.45, 2.75) is 48.0 Å². The Morgan fingerprint density at radius 2 is 1.21 bits per heavy atom. The monoisotopic (exact) mass is 536 g/mol. The second-order valence-electron chi connectivity index (χ2n) is 6.08. The minimum Gasteiger partial charge on any atom is -0.400 e. The van der Waals surface area contributed by atoms with Crippen LogP contribution in [0, 0.1) is 0 Å². The molecule has 0 fully saturated rings. The largest absolute Gasteiger partial charge is 0.400 e. The Hall–Kier alpha value is -2.13. The Bertz CT molecular complexity index is 843. The van der Waals surface area contributed by atoms with Gasteiger partial charge in [-0.1, -0.05) is 122 Å². The fraction of sp³-hybridized carbons (Fsp3) is 0.258. The van der Waals surface area contributed by atoms with Gasteiger partial charge in [0.25, 0.3) is 0 Å². The Morgan fingerprint density at radius 3 is 1.62 bits per heavy atom. The molecule has 0 spiro atoms. The van der Waals surface area contributed by atoms with Gasteiger partial charge in [0.2, 0.25) is 0 Å². The number of aliphatic hydroxyl groups is 1. The molecule has 1 aromatic heterocycles. The maximum atomic E-state index is 7.00. The van der Waals surface area contributed by atoms with E-state index in [9.17, 15) is 0 Å². The van der Waals surface area contributed by atoms with Gasteiger partial charge in [0.1, 0.15) is 0 Å². The molecule has 0 atom stereocenters. The second-order valence-corrected chi connectivity index (χ2v) is 6.08. The summed E-state index contributed by atoms with van der Waals surface area (Å²) in [5.74, 6) is 1.59.